The van der Waals surface area contributed by atoms with Crippen LogP contribution in [0.3, 0.4) is 0 Å². The Labute approximate surface area is 145 Å². The highest BCUT2D eigenvalue weighted by atomic mass is 15.0. The zero-order valence-electron chi connectivity index (χ0n) is 13.8. The van der Waals surface area contributed by atoms with Crippen LogP contribution in [-0.4, -0.2) is 21.2 Å². The van der Waals surface area contributed by atoms with Crippen LogP contribution < -0.4 is 11.5 Å². The van der Waals surface area contributed by atoms with E-state index in [0.717, 1.165) is 22.0 Å². The summed E-state index contributed by atoms with van der Waals surface area (Å²) in [7, 11) is 0. The van der Waals surface area contributed by atoms with E-state index in [0.29, 0.717) is 18.1 Å². The molecule has 1 unspecified atom stereocenters. The molecule has 25 heavy (non-hydrogen) atoms. The van der Waals surface area contributed by atoms with Crippen LogP contribution in [0.2, 0.25) is 0 Å². The largest absolute Gasteiger partial charge is 0.384 e. The second-order valence-electron chi connectivity index (χ2n) is 6.29. The van der Waals surface area contributed by atoms with Crippen LogP contribution in [-0.2, 0) is 5.54 Å². The normalized spacial score (nSPS) is 19.8. The van der Waals surface area contributed by atoms with Gasteiger partial charge in [-0.05, 0) is 48.7 Å². The van der Waals surface area contributed by atoms with Crippen molar-refractivity contribution < 1.29 is 0 Å². The quantitative estimate of drug-likeness (QED) is 0.751. The van der Waals surface area contributed by atoms with E-state index in [9.17, 15) is 0 Å². The van der Waals surface area contributed by atoms with Gasteiger partial charge in [-0.2, -0.15) is 0 Å². The first kappa shape index (κ1) is 15.4. The number of aliphatic imine (C=N–C) groups is 1. The van der Waals surface area contributed by atoms with E-state index in [1.165, 1.54) is 5.56 Å². The molecule has 0 saturated heterocycles. The fourth-order valence-electron chi connectivity index (χ4n) is 2.91. The summed E-state index contributed by atoms with van der Waals surface area (Å²) in [6.07, 6.45) is 9.41. The third kappa shape index (κ3) is 2.77. The van der Waals surface area contributed by atoms with Gasteiger partial charge in [0.2, 0.25) is 0 Å². The second-order valence-corrected chi connectivity index (χ2v) is 6.29. The Morgan fingerprint density at radius 1 is 1.16 bits per heavy atom. The Balaban J connectivity index is 1.75. The monoisotopic (exact) mass is 330 g/mol. The molecule has 0 bridgehead atoms. The third-order valence-corrected chi connectivity index (χ3v) is 4.44. The van der Waals surface area contributed by atoms with Crippen molar-refractivity contribution in [1.29, 1.82) is 0 Å². The van der Waals surface area contributed by atoms with Crippen molar-refractivity contribution in [3.05, 3.63) is 66.1 Å². The van der Waals surface area contributed by atoms with Crippen LogP contribution in [0.15, 0.2) is 59.7 Å². The molecule has 6 heteroatoms. The number of fused-ring (bicyclic) bond motifs is 1. The molecule has 4 rings (SSSR count). The minimum atomic E-state index is -0.824. The van der Waals surface area contributed by atoms with E-state index in [-0.39, 0.29) is 0 Å². The zero-order valence-corrected chi connectivity index (χ0v) is 13.8. The van der Waals surface area contributed by atoms with Gasteiger partial charge in [-0.1, -0.05) is 6.07 Å². The predicted octanol–water partition coefficient (Wildman–Crippen LogP) is 2.43. The molecule has 3 heterocycles. The zero-order chi connectivity index (χ0) is 17.4. The summed E-state index contributed by atoms with van der Waals surface area (Å²) in [4.78, 5) is 17.4. The molecule has 0 amide bonds. The molecule has 1 atom stereocenters. The minimum Gasteiger partial charge on any atom is -0.384 e. The Kier molecular flexibility index (Phi) is 3.54. The highest BCUT2D eigenvalue weighted by Gasteiger charge is 2.30. The van der Waals surface area contributed by atoms with Gasteiger partial charge in [0.25, 0.3) is 0 Å². The van der Waals surface area contributed by atoms with Gasteiger partial charge in [-0.15, -0.1) is 0 Å². The maximum absolute atomic E-state index is 6.39. The van der Waals surface area contributed by atoms with Gasteiger partial charge in [0.05, 0.1) is 5.52 Å². The maximum Gasteiger partial charge on any atom is 0.154 e. The van der Waals surface area contributed by atoms with Crippen molar-refractivity contribution in [2.24, 2.45) is 16.5 Å². The molecule has 1 aliphatic heterocycles. The average molecular weight is 330 g/mol. The van der Waals surface area contributed by atoms with Crippen molar-refractivity contribution in [2.75, 3.05) is 0 Å². The topological polar surface area (TPSA) is 103 Å². The summed E-state index contributed by atoms with van der Waals surface area (Å²) in [5.74, 6) is 1.01. The smallest absolute Gasteiger partial charge is 0.154 e. The van der Waals surface area contributed by atoms with Crippen LogP contribution >= 0.6 is 0 Å². The molecular weight excluding hydrogens is 312 g/mol. The van der Waals surface area contributed by atoms with Gasteiger partial charge >= 0.3 is 0 Å². The van der Waals surface area contributed by atoms with E-state index in [2.05, 4.69) is 32.9 Å². The van der Waals surface area contributed by atoms with E-state index in [4.69, 9.17) is 11.5 Å². The molecule has 0 aliphatic carbocycles. The van der Waals surface area contributed by atoms with E-state index in [1.54, 1.807) is 24.7 Å². The molecule has 0 fully saturated rings. The number of nitrogens with zero attached hydrogens (tertiary/aromatic N) is 4. The average Bonchev–Trinajstić information content (AvgIpc) is 2.64. The van der Waals surface area contributed by atoms with Gasteiger partial charge in [0.15, 0.2) is 5.82 Å². The number of hydrogen-bond acceptors (Lipinski definition) is 6. The fraction of sp³-hybridized carbons (Fsp3) is 0.158. The summed E-state index contributed by atoms with van der Waals surface area (Å²) in [6.45, 7) is 2.07. The third-order valence-electron chi connectivity index (χ3n) is 4.44. The lowest BCUT2D eigenvalue weighted by molar-refractivity contribution is 0.573. The van der Waals surface area contributed by atoms with Gasteiger partial charge < -0.3 is 11.5 Å². The molecule has 124 valence electrons. The van der Waals surface area contributed by atoms with Crippen molar-refractivity contribution in [3.8, 4) is 11.1 Å². The Bertz CT molecular complexity index is 1020. The van der Waals surface area contributed by atoms with E-state index < -0.39 is 5.54 Å². The molecule has 0 saturated carbocycles. The fourth-order valence-corrected chi connectivity index (χ4v) is 2.91. The van der Waals surface area contributed by atoms with Crippen molar-refractivity contribution in [3.63, 3.8) is 0 Å². The highest BCUT2D eigenvalue weighted by Crippen LogP contribution is 2.27. The number of aryl methyl sites for hydroxylation is 1. The Hall–Kier alpha value is -3.12. The number of pyridine rings is 1. The molecule has 1 aromatic carbocycles. The number of rotatable bonds is 2. The summed E-state index contributed by atoms with van der Waals surface area (Å²) in [5, 5.41) is 0.955. The predicted molar refractivity (Wildman–Crippen MR) is 98.8 cm³/mol. The van der Waals surface area contributed by atoms with Gasteiger partial charge in [0.1, 0.15) is 11.4 Å². The molecule has 6 nitrogen and oxygen atoms in total. The van der Waals surface area contributed by atoms with Crippen molar-refractivity contribution in [2.45, 2.75) is 18.9 Å². The summed E-state index contributed by atoms with van der Waals surface area (Å²) in [5.41, 5.74) is 15.4. The molecule has 0 radical (unpaired) electrons. The van der Waals surface area contributed by atoms with E-state index in [1.807, 2.05) is 24.4 Å². The Morgan fingerprint density at radius 2 is 2.04 bits per heavy atom. The summed E-state index contributed by atoms with van der Waals surface area (Å²) < 4.78 is 0. The van der Waals surface area contributed by atoms with Gasteiger partial charge in [-0.3, -0.25) is 4.98 Å². The molecule has 4 N–H and O–H groups in total. The number of benzene rings is 1. The highest BCUT2D eigenvalue weighted by molar-refractivity contribution is 5.85. The molecular formula is C19H18N6. The van der Waals surface area contributed by atoms with Crippen molar-refractivity contribution >= 4 is 17.1 Å². The van der Waals surface area contributed by atoms with E-state index >= 15 is 0 Å². The standard InChI is InChI=1S/C19H18N6/c1-12-5-7-22-10-15(12)13-2-3-16-14(8-13)9-23-18(25-16)19(21)6-4-17(20)24-11-19/h2-5,7-11H,6,20-21H2,1H3. The molecule has 0 spiro atoms. The SMILES string of the molecule is Cc1ccncc1-c1ccc2nc(C3(N)C=NC(N)=CC3)ncc2c1. The molecule has 1 aliphatic rings. The number of aromatic nitrogens is 3. The first-order valence-corrected chi connectivity index (χ1v) is 8.03. The molecule has 3 aromatic rings. The van der Waals surface area contributed by atoms with Gasteiger partial charge in [-0.25, -0.2) is 15.0 Å². The van der Waals surface area contributed by atoms with Crippen LogP contribution in [0, 0.1) is 6.92 Å². The lowest BCUT2D eigenvalue weighted by atomic mass is 9.94. The minimum absolute atomic E-state index is 0.471. The Morgan fingerprint density at radius 3 is 2.80 bits per heavy atom. The first-order valence-electron chi connectivity index (χ1n) is 8.03. The number of hydrogen-bond donors (Lipinski definition) is 2. The summed E-state index contributed by atoms with van der Waals surface area (Å²) in [6, 6.07) is 8.09. The van der Waals surface area contributed by atoms with Crippen LogP contribution in [0.4, 0.5) is 0 Å². The second kappa shape index (κ2) is 5.75. The molecule has 2 aromatic heterocycles. The first-order chi connectivity index (χ1) is 12.0. The van der Waals surface area contributed by atoms with Crippen LogP contribution in [0.1, 0.15) is 17.8 Å². The van der Waals surface area contributed by atoms with Crippen LogP contribution in [0.5, 0.6) is 0 Å². The van der Waals surface area contributed by atoms with Crippen LogP contribution in [0.25, 0.3) is 22.0 Å². The lowest BCUT2D eigenvalue weighted by Gasteiger charge is -2.24. The number of nitrogens with two attached hydrogens (primary N) is 2. The summed E-state index contributed by atoms with van der Waals surface area (Å²) >= 11 is 0. The maximum atomic E-state index is 6.39. The van der Waals surface area contributed by atoms with Crippen molar-refractivity contribution in [1.82, 2.24) is 15.0 Å². The van der Waals surface area contributed by atoms with Gasteiger partial charge in [0, 0.05) is 35.8 Å². The lowest BCUT2D eigenvalue weighted by Crippen LogP contribution is -2.41.